The number of nitrogens with one attached hydrogen (secondary N) is 1. The van der Waals surface area contributed by atoms with Gasteiger partial charge in [-0.3, -0.25) is 4.72 Å². The van der Waals surface area contributed by atoms with E-state index in [1.165, 1.54) is 18.2 Å². The van der Waals surface area contributed by atoms with Crippen LogP contribution in [0, 0.1) is 11.3 Å². The van der Waals surface area contributed by atoms with E-state index >= 15 is 0 Å². The highest BCUT2D eigenvalue weighted by molar-refractivity contribution is 9.10. The lowest BCUT2D eigenvalue weighted by molar-refractivity contribution is 0.597. The maximum Gasteiger partial charge on any atom is 0.246 e. The van der Waals surface area contributed by atoms with Crippen LogP contribution in [0.25, 0.3) is 0 Å². The van der Waals surface area contributed by atoms with Gasteiger partial charge >= 0.3 is 0 Å². The first-order valence-corrected chi connectivity index (χ1v) is 8.35. The second-order valence-corrected chi connectivity index (χ2v) is 7.34. The molecule has 0 amide bonds. The largest absolute Gasteiger partial charge is 0.282 e. The molecule has 1 rings (SSSR count). The number of rotatable bonds is 4. The van der Waals surface area contributed by atoms with Gasteiger partial charge in [0.2, 0.25) is 20.0 Å². The van der Waals surface area contributed by atoms with Crippen LogP contribution in [-0.2, 0) is 20.0 Å². The van der Waals surface area contributed by atoms with E-state index in [2.05, 4.69) is 20.7 Å². The number of hydrogen-bond acceptors (Lipinski definition) is 5. The molecule has 7 nitrogen and oxygen atoms in total. The van der Waals surface area contributed by atoms with Gasteiger partial charge in [-0.1, -0.05) is 0 Å². The highest BCUT2D eigenvalue weighted by Gasteiger charge is 2.14. The van der Waals surface area contributed by atoms with Crippen LogP contribution in [0.2, 0.25) is 0 Å². The van der Waals surface area contributed by atoms with Gasteiger partial charge in [-0.2, -0.15) is 5.26 Å². The first-order valence-electron chi connectivity index (χ1n) is 4.35. The molecule has 18 heavy (non-hydrogen) atoms. The van der Waals surface area contributed by atoms with Crippen molar-refractivity contribution in [2.75, 3.05) is 10.5 Å². The Morgan fingerprint density at radius 1 is 1.33 bits per heavy atom. The Balaban J connectivity index is 3.13. The fourth-order valence-corrected chi connectivity index (χ4v) is 3.10. The van der Waals surface area contributed by atoms with Crippen molar-refractivity contribution in [1.29, 1.82) is 5.26 Å². The van der Waals surface area contributed by atoms with Gasteiger partial charge < -0.3 is 0 Å². The molecular weight excluding hydrogens is 346 g/mol. The standard InChI is InChI=1S/C8H8BrN3O4S2/c9-7-5-6(18(11,15)16)1-2-8(7)12-17(13,14)4-3-10/h1-2,5,12H,4H2,(H2,11,15,16). The summed E-state index contributed by atoms with van der Waals surface area (Å²) in [6.07, 6.45) is 0. The van der Waals surface area contributed by atoms with Crippen LogP contribution in [0.1, 0.15) is 0 Å². The molecule has 0 saturated carbocycles. The summed E-state index contributed by atoms with van der Waals surface area (Å²) in [5.74, 6) is -0.698. The van der Waals surface area contributed by atoms with Gasteiger partial charge in [0.1, 0.15) is 0 Å². The lowest BCUT2D eigenvalue weighted by atomic mass is 10.3. The molecule has 98 valence electrons. The van der Waals surface area contributed by atoms with E-state index in [4.69, 9.17) is 10.4 Å². The van der Waals surface area contributed by atoms with Crippen molar-refractivity contribution in [3.8, 4) is 6.07 Å². The van der Waals surface area contributed by atoms with Gasteiger partial charge in [-0.15, -0.1) is 0 Å². The topological polar surface area (TPSA) is 130 Å². The van der Waals surface area contributed by atoms with Gasteiger partial charge in [0.15, 0.2) is 5.75 Å². The molecule has 0 fully saturated rings. The maximum absolute atomic E-state index is 11.3. The summed E-state index contributed by atoms with van der Waals surface area (Å²) in [6.45, 7) is 0. The summed E-state index contributed by atoms with van der Waals surface area (Å²) >= 11 is 3.01. The molecule has 0 unspecified atom stereocenters. The fourth-order valence-electron chi connectivity index (χ4n) is 1.04. The number of hydrogen-bond donors (Lipinski definition) is 2. The smallest absolute Gasteiger partial charge is 0.246 e. The van der Waals surface area contributed by atoms with E-state index in [0.717, 1.165) is 6.07 Å². The van der Waals surface area contributed by atoms with Crippen LogP contribution < -0.4 is 9.86 Å². The third kappa shape index (κ3) is 3.95. The maximum atomic E-state index is 11.3. The van der Waals surface area contributed by atoms with Crippen molar-refractivity contribution in [2.24, 2.45) is 5.14 Å². The van der Waals surface area contributed by atoms with E-state index < -0.39 is 25.8 Å². The number of nitrogens with two attached hydrogens (primary N) is 1. The molecule has 0 aliphatic heterocycles. The Kier molecular flexibility index (Phi) is 4.33. The van der Waals surface area contributed by atoms with Crippen LogP contribution in [0.4, 0.5) is 5.69 Å². The lowest BCUT2D eigenvalue weighted by Crippen LogP contribution is -2.16. The molecule has 10 heteroatoms. The first kappa shape index (κ1) is 14.9. The fraction of sp³-hybridized carbons (Fsp3) is 0.125. The summed E-state index contributed by atoms with van der Waals surface area (Å²) in [7, 11) is -7.63. The minimum atomic E-state index is -3.86. The van der Waals surface area contributed by atoms with Gasteiger partial charge in [0.25, 0.3) is 0 Å². The number of benzene rings is 1. The van der Waals surface area contributed by atoms with E-state index in [1.807, 2.05) is 0 Å². The number of sulfonamides is 2. The number of anilines is 1. The zero-order valence-corrected chi connectivity index (χ0v) is 12.0. The van der Waals surface area contributed by atoms with E-state index in [1.54, 1.807) is 0 Å². The third-order valence-electron chi connectivity index (χ3n) is 1.79. The van der Waals surface area contributed by atoms with Crippen LogP contribution in [0.15, 0.2) is 27.6 Å². The SMILES string of the molecule is N#CCS(=O)(=O)Nc1ccc(S(N)(=O)=O)cc1Br. The molecule has 0 bridgehead atoms. The minimum Gasteiger partial charge on any atom is -0.282 e. The van der Waals surface area contributed by atoms with Crippen molar-refractivity contribution < 1.29 is 16.8 Å². The molecule has 0 heterocycles. The Morgan fingerprint density at radius 2 is 1.94 bits per heavy atom. The van der Waals surface area contributed by atoms with Gasteiger partial charge in [0.05, 0.1) is 16.7 Å². The zero-order valence-electron chi connectivity index (χ0n) is 8.79. The highest BCUT2D eigenvalue weighted by atomic mass is 79.9. The second kappa shape index (κ2) is 5.23. The Morgan fingerprint density at radius 3 is 2.39 bits per heavy atom. The van der Waals surface area contributed by atoms with Crippen molar-refractivity contribution >= 4 is 41.7 Å². The Bertz CT molecular complexity index is 706. The molecule has 0 aromatic heterocycles. The normalized spacial score (nSPS) is 11.8. The van der Waals surface area contributed by atoms with Crippen LogP contribution in [0.3, 0.4) is 0 Å². The monoisotopic (exact) mass is 353 g/mol. The van der Waals surface area contributed by atoms with Gasteiger partial charge in [-0.05, 0) is 34.1 Å². The van der Waals surface area contributed by atoms with E-state index in [0.29, 0.717) is 0 Å². The number of nitrogens with zero attached hydrogens (tertiary/aromatic N) is 1. The predicted octanol–water partition coefficient (Wildman–Crippen LogP) is 0.362. The first-order chi connectivity index (χ1) is 8.15. The van der Waals surface area contributed by atoms with Crippen molar-refractivity contribution in [3.05, 3.63) is 22.7 Å². The average Bonchev–Trinajstić information content (AvgIpc) is 2.19. The summed E-state index contributed by atoms with van der Waals surface area (Å²) in [5.41, 5.74) is 0.123. The average molecular weight is 354 g/mol. The molecule has 0 spiro atoms. The minimum absolute atomic E-state index is 0.123. The van der Waals surface area contributed by atoms with Gasteiger partial charge in [0, 0.05) is 4.47 Å². The van der Waals surface area contributed by atoms with E-state index in [-0.39, 0.29) is 15.1 Å². The molecule has 1 aromatic rings. The molecule has 0 atom stereocenters. The Labute approximate surface area is 113 Å². The number of halogens is 1. The molecular formula is C8H8BrN3O4S2. The van der Waals surface area contributed by atoms with E-state index in [9.17, 15) is 16.8 Å². The number of nitriles is 1. The third-order valence-corrected chi connectivity index (χ3v) is 4.40. The molecule has 1 aromatic carbocycles. The molecule has 3 N–H and O–H groups in total. The number of primary sulfonamides is 1. The summed E-state index contributed by atoms with van der Waals surface area (Å²) in [4.78, 5) is -0.155. The second-order valence-electron chi connectivity index (χ2n) is 3.21. The predicted molar refractivity (Wildman–Crippen MR) is 68.5 cm³/mol. The molecule has 0 aliphatic rings. The highest BCUT2D eigenvalue weighted by Crippen LogP contribution is 2.26. The quantitative estimate of drug-likeness (QED) is 0.806. The van der Waals surface area contributed by atoms with Gasteiger partial charge in [-0.25, -0.2) is 22.0 Å². The summed E-state index contributed by atoms with van der Waals surface area (Å²) in [5, 5.41) is 13.2. The molecule has 0 aliphatic carbocycles. The Hall–Kier alpha value is -1.15. The zero-order chi connectivity index (χ0) is 14.0. The van der Waals surface area contributed by atoms with Crippen molar-refractivity contribution in [1.82, 2.24) is 0 Å². The van der Waals surface area contributed by atoms with Crippen LogP contribution in [-0.4, -0.2) is 22.6 Å². The summed E-state index contributed by atoms with van der Waals surface area (Å²) < 4.78 is 47.1. The van der Waals surface area contributed by atoms with Crippen molar-refractivity contribution in [2.45, 2.75) is 4.90 Å². The van der Waals surface area contributed by atoms with Crippen LogP contribution in [0.5, 0.6) is 0 Å². The van der Waals surface area contributed by atoms with Crippen molar-refractivity contribution in [3.63, 3.8) is 0 Å². The molecule has 0 saturated heterocycles. The van der Waals surface area contributed by atoms with Crippen LogP contribution >= 0.6 is 15.9 Å². The summed E-state index contributed by atoms with van der Waals surface area (Å²) in [6, 6.07) is 5.06. The lowest BCUT2D eigenvalue weighted by Gasteiger charge is -2.08. The molecule has 0 radical (unpaired) electrons.